The molecule has 14 heavy (non-hydrogen) atoms. The summed E-state index contributed by atoms with van der Waals surface area (Å²) < 4.78 is 0. The predicted molar refractivity (Wildman–Crippen MR) is 61.4 cm³/mol. The minimum atomic E-state index is -0.575. The molecule has 0 aromatic rings. The maximum absolute atomic E-state index is 10.7. The minimum absolute atomic E-state index is 0.299. The topological polar surface area (TPSA) is 46.2 Å². The first-order chi connectivity index (χ1) is 6.56. The number of nitrogens with two attached hydrogens (primary N) is 1. The van der Waals surface area contributed by atoms with Crippen molar-refractivity contribution in [1.29, 1.82) is 0 Å². The van der Waals surface area contributed by atoms with Gasteiger partial charge in [0.1, 0.15) is 0 Å². The molecule has 3 atom stereocenters. The number of aliphatic hydroxyl groups is 1. The lowest BCUT2D eigenvalue weighted by Crippen LogP contribution is -2.62. The normalized spacial score (nSPS) is 49.5. The van der Waals surface area contributed by atoms with E-state index >= 15 is 0 Å². The Labute approximate surface area is 90.6 Å². The number of thioether (sulfide) groups is 1. The summed E-state index contributed by atoms with van der Waals surface area (Å²) in [5, 5.41) is 10.7. The Kier molecular flexibility index (Phi) is 2.84. The van der Waals surface area contributed by atoms with Crippen molar-refractivity contribution in [1.82, 2.24) is 0 Å². The summed E-state index contributed by atoms with van der Waals surface area (Å²) in [6.07, 6.45) is 5.20. The van der Waals surface area contributed by atoms with Crippen LogP contribution >= 0.6 is 11.8 Å². The Morgan fingerprint density at radius 2 is 2.21 bits per heavy atom. The van der Waals surface area contributed by atoms with Crippen molar-refractivity contribution in [2.24, 2.45) is 11.7 Å². The third-order valence-electron chi connectivity index (χ3n) is 3.95. The first-order valence-electron chi connectivity index (χ1n) is 5.65. The van der Waals surface area contributed by atoms with Gasteiger partial charge in [0.2, 0.25) is 0 Å². The Hall–Kier alpha value is 0.270. The molecule has 2 nitrogen and oxygen atoms in total. The van der Waals surface area contributed by atoms with Crippen molar-refractivity contribution in [3.05, 3.63) is 0 Å². The summed E-state index contributed by atoms with van der Waals surface area (Å²) in [6, 6.07) is 0. The second-order valence-electron chi connectivity index (χ2n) is 5.19. The van der Waals surface area contributed by atoms with Crippen LogP contribution in [-0.2, 0) is 0 Å². The van der Waals surface area contributed by atoms with Crippen molar-refractivity contribution in [3.63, 3.8) is 0 Å². The van der Waals surface area contributed by atoms with E-state index in [-0.39, 0.29) is 5.54 Å². The standard InChI is InChI=1S/C11H21NOS/c1-9-3-2-4-11(13,7-9)10(12)5-6-14-8-10/h9,13H,2-8,12H2,1H3. The van der Waals surface area contributed by atoms with E-state index in [2.05, 4.69) is 6.92 Å². The van der Waals surface area contributed by atoms with Crippen LogP contribution in [0.25, 0.3) is 0 Å². The van der Waals surface area contributed by atoms with Gasteiger partial charge in [0.15, 0.2) is 0 Å². The molecular formula is C11H21NOS. The maximum atomic E-state index is 10.7. The summed E-state index contributed by atoms with van der Waals surface area (Å²) >= 11 is 1.89. The fourth-order valence-electron chi connectivity index (χ4n) is 2.92. The monoisotopic (exact) mass is 215 g/mol. The van der Waals surface area contributed by atoms with Crippen LogP contribution < -0.4 is 5.73 Å². The summed E-state index contributed by atoms with van der Waals surface area (Å²) in [4.78, 5) is 0. The molecule has 0 aromatic heterocycles. The molecule has 1 saturated carbocycles. The Bertz CT molecular complexity index is 215. The van der Waals surface area contributed by atoms with Gasteiger partial charge < -0.3 is 10.8 Å². The van der Waals surface area contributed by atoms with E-state index < -0.39 is 5.60 Å². The van der Waals surface area contributed by atoms with E-state index in [9.17, 15) is 5.11 Å². The molecule has 3 heteroatoms. The average molecular weight is 215 g/mol. The molecule has 1 aliphatic heterocycles. The molecule has 0 amide bonds. The number of hydrogen-bond acceptors (Lipinski definition) is 3. The lowest BCUT2D eigenvalue weighted by Gasteiger charge is -2.46. The Morgan fingerprint density at radius 1 is 1.43 bits per heavy atom. The van der Waals surface area contributed by atoms with E-state index in [4.69, 9.17) is 5.73 Å². The fourth-order valence-corrected chi connectivity index (χ4v) is 4.35. The molecule has 0 bridgehead atoms. The van der Waals surface area contributed by atoms with Gasteiger partial charge in [-0.3, -0.25) is 0 Å². The second-order valence-corrected chi connectivity index (χ2v) is 6.30. The molecule has 1 heterocycles. The highest BCUT2D eigenvalue weighted by Crippen LogP contribution is 2.44. The molecular weight excluding hydrogens is 194 g/mol. The highest BCUT2D eigenvalue weighted by molar-refractivity contribution is 7.99. The summed E-state index contributed by atoms with van der Waals surface area (Å²) in [6.45, 7) is 2.23. The lowest BCUT2D eigenvalue weighted by atomic mass is 9.68. The van der Waals surface area contributed by atoms with Crippen LogP contribution in [0.4, 0.5) is 0 Å². The molecule has 1 aliphatic carbocycles. The van der Waals surface area contributed by atoms with Gasteiger partial charge in [0.25, 0.3) is 0 Å². The van der Waals surface area contributed by atoms with Crippen LogP contribution in [-0.4, -0.2) is 27.8 Å². The highest BCUT2D eigenvalue weighted by Gasteiger charge is 2.50. The van der Waals surface area contributed by atoms with E-state index in [0.29, 0.717) is 5.92 Å². The second kappa shape index (κ2) is 3.69. The molecule has 2 fully saturated rings. The van der Waals surface area contributed by atoms with Gasteiger partial charge >= 0.3 is 0 Å². The van der Waals surface area contributed by atoms with Crippen LogP contribution in [0.5, 0.6) is 0 Å². The van der Waals surface area contributed by atoms with Crippen LogP contribution in [0.1, 0.15) is 39.0 Å². The summed E-state index contributed by atoms with van der Waals surface area (Å²) in [7, 11) is 0. The number of rotatable bonds is 1. The maximum Gasteiger partial charge on any atom is 0.0837 e. The molecule has 3 unspecified atom stereocenters. The Balaban J connectivity index is 2.13. The number of hydrogen-bond donors (Lipinski definition) is 2. The molecule has 0 aromatic carbocycles. The van der Waals surface area contributed by atoms with Gasteiger partial charge in [0, 0.05) is 5.75 Å². The first-order valence-corrected chi connectivity index (χ1v) is 6.80. The zero-order chi connectivity index (χ0) is 10.2. The third-order valence-corrected chi connectivity index (χ3v) is 5.16. The molecule has 82 valence electrons. The summed E-state index contributed by atoms with van der Waals surface area (Å²) in [5.74, 6) is 2.70. The largest absolute Gasteiger partial charge is 0.388 e. The van der Waals surface area contributed by atoms with Gasteiger partial charge in [-0.05, 0) is 30.9 Å². The van der Waals surface area contributed by atoms with E-state index in [1.54, 1.807) is 0 Å². The molecule has 1 saturated heterocycles. The van der Waals surface area contributed by atoms with Crippen LogP contribution in [0.3, 0.4) is 0 Å². The predicted octanol–water partition coefficient (Wildman–Crippen LogP) is 1.76. The lowest BCUT2D eigenvalue weighted by molar-refractivity contribution is -0.0682. The van der Waals surface area contributed by atoms with Crippen molar-refractivity contribution in [2.75, 3.05) is 11.5 Å². The highest BCUT2D eigenvalue weighted by atomic mass is 32.2. The Morgan fingerprint density at radius 3 is 2.79 bits per heavy atom. The van der Waals surface area contributed by atoms with Gasteiger partial charge in [-0.15, -0.1) is 0 Å². The van der Waals surface area contributed by atoms with Gasteiger partial charge in [-0.1, -0.05) is 19.8 Å². The van der Waals surface area contributed by atoms with Gasteiger partial charge in [-0.2, -0.15) is 11.8 Å². The molecule has 2 aliphatic rings. The average Bonchev–Trinajstić information content (AvgIpc) is 2.53. The van der Waals surface area contributed by atoms with Gasteiger partial charge in [-0.25, -0.2) is 0 Å². The molecule has 3 N–H and O–H groups in total. The molecule has 0 radical (unpaired) electrons. The van der Waals surface area contributed by atoms with E-state index in [1.165, 1.54) is 6.42 Å². The zero-order valence-electron chi connectivity index (χ0n) is 8.96. The van der Waals surface area contributed by atoms with Crippen LogP contribution in [0, 0.1) is 5.92 Å². The third kappa shape index (κ3) is 1.70. The van der Waals surface area contributed by atoms with Crippen LogP contribution in [0.15, 0.2) is 0 Å². The molecule has 0 spiro atoms. The van der Waals surface area contributed by atoms with Crippen molar-refractivity contribution < 1.29 is 5.11 Å². The van der Waals surface area contributed by atoms with Crippen molar-refractivity contribution >= 4 is 11.8 Å². The van der Waals surface area contributed by atoms with Crippen LogP contribution in [0.2, 0.25) is 0 Å². The molecule has 2 rings (SSSR count). The smallest absolute Gasteiger partial charge is 0.0837 e. The zero-order valence-corrected chi connectivity index (χ0v) is 9.78. The first kappa shape index (κ1) is 10.8. The SMILES string of the molecule is CC1CCCC(O)(C2(N)CCSC2)C1. The van der Waals surface area contributed by atoms with Crippen molar-refractivity contribution in [2.45, 2.75) is 50.2 Å². The van der Waals surface area contributed by atoms with E-state index in [1.807, 2.05) is 11.8 Å². The summed E-state index contributed by atoms with van der Waals surface area (Å²) in [5.41, 5.74) is 5.48. The minimum Gasteiger partial charge on any atom is -0.388 e. The van der Waals surface area contributed by atoms with E-state index in [0.717, 1.165) is 37.2 Å². The quantitative estimate of drug-likeness (QED) is 0.700. The fraction of sp³-hybridized carbons (Fsp3) is 1.00. The van der Waals surface area contributed by atoms with Crippen molar-refractivity contribution in [3.8, 4) is 0 Å². The van der Waals surface area contributed by atoms with Gasteiger partial charge in [0.05, 0.1) is 11.1 Å².